The number of piperidine rings is 1. The minimum atomic E-state index is 0.736. The Kier molecular flexibility index (Phi) is 5.86. The van der Waals surface area contributed by atoms with Gasteiger partial charge in [-0.25, -0.2) is 4.98 Å². The van der Waals surface area contributed by atoms with Gasteiger partial charge >= 0.3 is 0 Å². The van der Waals surface area contributed by atoms with Gasteiger partial charge in [0.05, 0.1) is 6.33 Å². The summed E-state index contributed by atoms with van der Waals surface area (Å²) in [5, 5.41) is 3.65. The molecule has 1 aromatic heterocycles. The van der Waals surface area contributed by atoms with Crippen molar-refractivity contribution < 1.29 is 0 Å². The van der Waals surface area contributed by atoms with E-state index in [9.17, 15) is 0 Å². The summed E-state index contributed by atoms with van der Waals surface area (Å²) in [4.78, 5) is 6.72. The van der Waals surface area contributed by atoms with Gasteiger partial charge in [-0.2, -0.15) is 0 Å². The third-order valence-electron chi connectivity index (χ3n) is 4.26. The molecule has 1 aromatic rings. The fraction of sp³-hybridized carbons (Fsp3) is 0.800. The van der Waals surface area contributed by atoms with Crippen LogP contribution in [0.3, 0.4) is 0 Å². The zero-order valence-electron chi connectivity index (χ0n) is 12.4. The molecule has 1 N–H and O–H groups in total. The van der Waals surface area contributed by atoms with E-state index in [0.29, 0.717) is 0 Å². The first-order valence-corrected chi connectivity index (χ1v) is 7.75. The highest BCUT2D eigenvalue weighted by atomic mass is 15.2. The van der Waals surface area contributed by atoms with Gasteiger partial charge in [-0.05, 0) is 38.4 Å². The zero-order chi connectivity index (χ0) is 13.5. The molecule has 0 amide bonds. The topological polar surface area (TPSA) is 33.1 Å². The zero-order valence-corrected chi connectivity index (χ0v) is 12.4. The summed E-state index contributed by atoms with van der Waals surface area (Å²) in [6, 6.07) is 0.736. The van der Waals surface area contributed by atoms with Crippen LogP contribution in [0.2, 0.25) is 0 Å². The second-order valence-electron chi connectivity index (χ2n) is 5.58. The molecule has 2 unspecified atom stereocenters. The standard InChI is InChI=1S/C15H28N4/c1-3-14-12-18(10-6-15(14)17-4-2)8-5-9-19-11-7-16-13-19/h7,11,13-15,17H,3-6,8-10,12H2,1-2H3. The van der Waals surface area contributed by atoms with Gasteiger partial charge in [-0.15, -0.1) is 0 Å². The van der Waals surface area contributed by atoms with E-state index in [4.69, 9.17) is 0 Å². The van der Waals surface area contributed by atoms with Crippen molar-refractivity contribution in [3.63, 3.8) is 0 Å². The summed E-state index contributed by atoms with van der Waals surface area (Å²) in [7, 11) is 0. The van der Waals surface area contributed by atoms with Crippen molar-refractivity contribution in [2.45, 2.75) is 45.7 Å². The lowest BCUT2D eigenvalue weighted by molar-refractivity contribution is 0.133. The molecule has 2 rings (SSSR count). The van der Waals surface area contributed by atoms with Crippen LogP contribution in [0.25, 0.3) is 0 Å². The average molecular weight is 264 g/mol. The number of hydrogen-bond acceptors (Lipinski definition) is 3. The number of nitrogens with zero attached hydrogens (tertiary/aromatic N) is 3. The maximum absolute atomic E-state index is 4.08. The predicted molar refractivity (Wildman–Crippen MR) is 79.1 cm³/mol. The Bertz CT molecular complexity index is 336. The van der Waals surface area contributed by atoms with Crippen LogP contribution in [0, 0.1) is 5.92 Å². The molecule has 0 spiro atoms. The first kappa shape index (κ1) is 14.5. The molecule has 0 saturated carbocycles. The van der Waals surface area contributed by atoms with Gasteiger partial charge in [0.1, 0.15) is 0 Å². The number of aromatic nitrogens is 2. The highest BCUT2D eigenvalue weighted by Gasteiger charge is 2.26. The molecule has 0 bridgehead atoms. The third-order valence-corrected chi connectivity index (χ3v) is 4.26. The molecule has 1 aliphatic rings. The van der Waals surface area contributed by atoms with E-state index in [-0.39, 0.29) is 0 Å². The van der Waals surface area contributed by atoms with E-state index in [2.05, 4.69) is 33.6 Å². The average Bonchev–Trinajstić information content (AvgIpc) is 2.94. The summed E-state index contributed by atoms with van der Waals surface area (Å²) in [6.07, 6.45) is 9.62. The Morgan fingerprint density at radius 1 is 1.32 bits per heavy atom. The highest BCUT2D eigenvalue weighted by molar-refractivity contribution is 4.84. The van der Waals surface area contributed by atoms with E-state index in [1.165, 1.54) is 38.9 Å². The Hall–Kier alpha value is -0.870. The van der Waals surface area contributed by atoms with Crippen LogP contribution in [-0.2, 0) is 6.54 Å². The maximum Gasteiger partial charge on any atom is 0.0945 e. The van der Waals surface area contributed by atoms with Crippen molar-refractivity contribution >= 4 is 0 Å². The predicted octanol–water partition coefficient (Wildman–Crippen LogP) is 1.98. The van der Waals surface area contributed by atoms with Crippen molar-refractivity contribution in [1.29, 1.82) is 0 Å². The monoisotopic (exact) mass is 264 g/mol. The lowest BCUT2D eigenvalue weighted by atomic mass is 9.90. The molecule has 1 fully saturated rings. The second-order valence-corrected chi connectivity index (χ2v) is 5.58. The second kappa shape index (κ2) is 7.65. The maximum atomic E-state index is 4.08. The fourth-order valence-electron chi connectivity index (χ4n) is 3.15. The molecular weight excluding hydrogens is 236 g/mol. The van der Waals surface area contributed by atoms with Gasteiger partial charge in [0.15, 0.2) is 0 Å². The van der Waals surface area contributed by atoms with Crippen molar-refractivity contribution in [1.82, 2.24) is 19.8 Å². The molecule has 19 heavy (non-hydrogen) atoms. The number of aryl methyl sites for hydroxylation is 1. The summed E-state index contributed by atoms with van der Waals surface area (Å²) in [6.45, 7) is 10.4. The van der Waals surface area contributed by atoms with Crippen LogP contribution in [0.15, 0.2) is 18.7 Å². The molecule has 2 heterocycles. The quantitative estimate of drug-likeness (QED) is 0.817. The number of nitrogens with one attached hydrogen (secondary N) is 1. The number of rotatable bonds is 7. The fourth-order valence-corrected chi connectivity index (χ4v) is 3.15. The van der Waals surface area contributed by atoms with Crippen LogP contribution >= 0.6 is 0 Å². The molecule has 0 aliphatic carbocycles. The van der Waals surface area contributed by atoms with Crippen LogP contribution in [-0.4, -0.2) is 46.7 Å². The molecule has 4 heteroatoms. The van der Waals surface area contributed by atoms with Crippen LogP contribution in [0.5, 0.6) is 0 Å². The summed E-state index contributed by atoms with van der Waals surface area (Å²) in [5.41, 5.74) is 0. The van der Waals surface area contributed by atoms with Gasteiger partial charge in [0.25, 0.3) is 0 Å². The highest BCUT2D eigenvalue weighted by Crippen LogP contribution is 2.20. The van der Waals surface area contributed by atoms with Gasteiger partial charge in [-0.1, -0.05) is 20.3 Å². The van der Waals surface area contributed by atoms with E-state index in [1.54, 1.807) is 0 Å². The Labute approximate surface area is 117 Å². The minimum absolute atomic E-state index is 0.736. The largest absolute Gasteiger partial charge is 0.337 e. The third kappa shape index (κ3) is 4.32. The van der Waals surface area contributed by atoms with Crippen molar-refractivity contribution in [2.24, 2.45) is 5.92 Å². The molecular formula is C15H28N4. The van der Waals surface area contributed by atoms with Crippen molar-refractivity contribution in [3.8, 4) is 0 Å². The summed E-state index contributed by atoms with van der Waals surface area (Å²) < 4.78 is 2.17. The first-order chi connectivity index (χ1) is 9.33. The summed E-state index contributed by atoms with van der Waals surface area (Å²) in [5.74, 6) is 0.821. The summed E-state index contributed by atoms with van der Waals surface area (Å²) >= 11 is 0. The molecule has 0 radical (unpaired) electrons. The van der Waals surface area contributed by atoms with Crippen LogP contribution < -0.4 is 5.32 Å². The van der Waals surface area contributed by atoms with Crippen LogP contribution in [0.4, 0.5) is 0 Å². The molecule has 4 nitrogen and oxygen atoms in total. The lowest BCUT2D eigenvalue weighted by Crippen LogP contribution is -2.49. The molecule has 1 aliphatic heterocycles. The van der Waals surface area contributed by atoms with Crippen molar-refractivity contribution in [2.75, 3.05) is 26.2 Å². The molecule has 1 saturated heterocycles. The van der Waals surface area contributed by atoms with Gasteiger partial charge in [0, 0.05) is 31.5 Å². The van der Waals surface area contributed by atoms with E-state index < -0.39 is 0 Å². The van der Waals surface area contributed by atoms with Crippen LogP contribution in [0.1, 0.15) is 33.1 Å². The van der Waals surface area contributed by atoms with Crippen molar-refractivity contribution in [3.05, 3.63) is 18.7 Å². The van der Waals surface area contributed by atoms with E-state index in [0.717, 1.165) is 25.0 Å². The molecule has 0 aromatic carbocycles. The minimum Gasteiger partial charge on any atom is -0.337 e. The smallest absolute Gasteiger partial charge is 0.0945 e. The number of likely N-dealkylation sites (tertiary alicyclic amines) is 1. The van der Waals surface area contributed by atoms with Gasteiger partial charge < -0.3 is 14.8 Å². The Balaban J connectivity index is 1.70. The Morgan fingerprint density at radius 3 is 2.89 bits per heavy atom. The SMILES string of the molecule is CCNC1CCN(CCCn2ccnc2)CC1CC. The Morgan fingerprint density at radius 2 is 2.21 bits per heavy atom. The van der Waals surface area contributed by atoms with Gasteiger partial charge in [-0.3, -0.25) is 0 Å². The van der Waals surface area contributed by atoms with Gasteiger partial charge in [0.2, 0.25) is 0 Å². The first-order valence-electron chi connectivity index (χ1n) is 7.75. The molecule has 2 atom stereocenters. The lowest BCUT2D eigenvalue weighted by Gasteiger charge is -2.38. The number of hydrogen-bond donors (Lipinski definition) is 1. The molecule has 108 valence electrons. The van der Waals surface area contributed by atoms with E-state index in [1.807, 2.05) is 18.7 Å². The van der Waals surface area contributed by atoms with E-state index >= 15 is 0 Å². The normalized spacial score (nSPS) is 24.7. The number of imidazole rings is 1.